The summed E-state index contributed by atoms with van der Waals surface area (Å²) in [6, 6.07) is 14.8. The summed E-state index contributed by atoms with van der Waals surface area (Å²) in [5, 5.41) is 19.5. The van der Waals surface area contributed by atoms with Crippen molar-refractivity contribution in [3.05, 3.63) is 64.2 Å². The van der Waals surface area contributed by atoms with Crippen molar-refractivity contribution in [3.63, 3.8) is 0 Å². The number of thioether (sulfide) groups is 1. The fourth-order valence-electron chi connectivity index (χ4n) is 3.20. The largest absolute Gasteiger partial charge is 0.369 e. The average molecular weight is 352 g/mol. The Morgan fingerprint density at radius 2 is 1.96 bits per heavy atom. The van der Waals surface area contributed by atoms with Gasteiger partial charge >= 0.3 is 0 Å². The van der Waals surface area contributed by atoms with Gasteiger partial charge in [-0.1, -0.05) is 30.3 Å². The maximum atomic E-state index is 11.4. The lowest BCUT2D eigenvalue weighted by molar-refractivity contribution is -0.384. The average Bonchev–Trinajstić information content (AvgIpc) is 3.24. The second kappa shape index (κ2) is 6.25. The lowest BCUT2D eigenvalue weighted by atomic mass is 10.1. The zero-order valence-corrected chi connectivity index (χ0v) is 14.4. The first-order valence-corrected chi connectivity index (χ1v) is 9.16. The molecule has 0 saturated carbocycles. The molecule has 0 saturated heterocycles. The number of aromatic nitrogens is 2. The third-order valence-corrected chi connectivity index (χ3v) is 5.12. The van der Waals surface area contributed by atoms with Gasteiger partial charge in [0.15, 0.2) is 0 Å². The van der Waals surface area contributed by atoms with Gasteiger partial charge in [-0.2, -0.15) is 5.10 Å². The van der Waals surface area contributed by atoms with E-state index in [0.717, 1.165) is 40.5 Å². The third kappa shape index (κ3) is 2.56. The first kappa shape index (κ1) is 15.7. The Kier molecular flexibility index (Phi) is 3.93. The number of nitro benzene ring substituents is 1. The highest BCUT2D eigenvalue weighted by Crippen LogP contribution is 2.39. The molecule has 1 aliphatic rings. The minimum absolute atomic E-state index is 0.0474. The molecule has 0 unspecified atom stereocenters. The number of anilines is 1. The molecule has 126 valence electrons. The molecule has 2 heterocycles. The van der Waals surface area contributed by atoms with Gasteiger partial charge in [0.1, 0.15) is 11.5 Å². The van der Waals surface area contributed by atoms with Gasteiger partial charge < -0.3 is 5.32 Å². The fourth-order valence-corrected chi connectivity index (χ4v) is 3.80. The highest BCUT2D eigenvalue weighted by atomic mass is 32.2. The first-order chi connectivity index (χ1) is 12.2. The third-order valence-electron chi connectivity index (χ3n) is 4.32. The van der Waals surface area contributed by atoms with E-state index < -0.39 is 0 Å². The van der Waals surface area contributed by atoms with Gasteiger partial charge in [-0.15, -0.1) is 11.8 Å². The van der Waals surface area contributed by atoms with E-state index in [2.05, 4.69) is 17.4 Å². The first-order valence-electron chi connectivity index (χ1n) is 7.93. The number of para-hydroxylation sites is 2. The van der Waals surface area contributed by atoms with Crippen LogP contribution in [0, 0.1) is 10.1 Å². The smallest absolute Gasteiger partial charge is 0.294 e. The van der Waals surface area contributed by atoms with Crippen LogP contribution in [-0.4, -0.2) is 27.5 Å². The van der Waals surface area contributed by atoms with Crippen LogP contribution in [0.2, 0.25) is 0 Å². The van der Waals surface area contributed by atoms with Crippen molar-refractivity contribution in [1.29, 1.82) is 0 Å². The molecule has 2 aromatic carbocycles. The van der Waals surface area contributed by atoms with Crippen LogP contribution in [-0.2, 0) is 6.42 Å². The summed E-state index contributed by atoms with van der Waals surface area (Å²) in [6.45, 7) is 0.808. The molecule has 0 bridgehead atoms. The Labute approximate surface area is 149 Å². The van der Waals surface area contributed by atoms with E-state index in [9.17, 15) is 10.1 Å². The number of nitrogens with one attached hydrogen (secondary N) is 1. The van der Waals surface area contributed by atoms with Crippen LogP contribution in [0.25, 0.3) is 16.9 Å². The van der Waals surface area contributed by atoms with Crippen LogP contribution >= 0.6 is 11.8 Å². The van der Waals surface area contributed by atoms with Gasteiger partial charge in [0, 0.05) is 28.6 Å². The lowest BCUT2D eigenvalue weighted by Crippen LogP contribution is -2.06. The van der Waals surface area contributed by atoms with Crippen molar-refractivity contribution < 1.29 is 4.92 Å². The number of hydrogen-bond donors (Lipinski definition) is 1. The SMILES string of the molecule is CSc1ccccc1-c1nn(-c2ccccc2[N+](=O)[O-])c2c1CCN2. The predicted molar refractivity (Wildman–Crippen MR) is 99.6 cm³/mol. The molecule has 0 spiro atoms. The molecule has 0 aliphatic carbocycles. The highest BCUT2D eigenvalue weighted by Gasteiger charge is 2.27. The minimum Gasteiger partial charge on any atom is -0.369 e. The minimum atomic E-state index is -0.367. The quantitative estimate of drug-likeness (QED) is 0.434. The van der Waals surface area contributed by atoms with Crippen molar-refractivity contribution in [3.8, 4) is 16.9 Å². The van der Waals surface area contributed by atoms with Gasteiger partial charge in [0.05, 0.1) is 10.6 Å². The zero-order valence-electron chi connectivity index (χ0n) is 13.6. The molecule has 0 radical (unpaired) electrons. The van der Waals surface area contributed by atoms with Crippen molar-refractivity contribution in [2.45, 2.75) is 11.3 Å². The molecule has 1 aliphatic heterocycles. The number of rotatable bonds is 4. The second-order valence-corrected chi connectivity index (χ2v) is 6.56. The summed E-state index contributed by atoms with van der Waals surface area (Å²) in [5.74, 6) is 0.847. The molecule has 6 nitrogen and oxygen atoms in total. The van der Waals surface area contributed by atoms with E-state index in [0.29, 0.717) is 5.69 Å². The van der Waals surface area contributed by atoms with E-state index in [1.807, 2.05) is 18.4 Å². The van der Waals surface area contributed by atoms with E-state index in [1.165, 1.54) is 6.07 Å². The summed E-state index contributed by atoms with van der Waals surface area (Å²) in [5.41, 5.74) is 3.59. The predicted octanol–water partition coefficient (Wildman–Crippen LogP) is 4.14. The number of nitrogens with zero attached hydrogens (tertiary/aromatic N) is 3. The van der Waals surface area contributed by atoms with Crippen molar-refractivity contribution >= 4 is 23.3 Å². The van der Waals surface area contributed by atoms with Crippen LogP contribution < -0.4 is 5.32 Å². The van der Waals surface area contributed by atoms with Crippen LogP contribution in [0.3, 0.4) is 0 Å². The molecule has 0 fully saturated rings. The Morgan fingerprint density at radius 3 is 2.76 bits per heavy atom. The van der Waals surface area contributed by atoms with Gasteiger partial charge in [-0.05, 0) is 24.8 Å². The Morgan fingerprint density at radius 1 is 1.20 bits per heavy atom. The van der Waals surface area contributed by atoms with Gasteiger partial charge in [0.2, 0.25) is 0 Å². The number of hydrogen-bond acceptors (Lipinski definition) is 5. The topological polar surface area (TPSA) is 73.0 Å². The van der Waals surface area contributed by atoms with Crippen LogP contribution in [0.1, 0.15) is 5.56 Å². The molecule has 25 heavy (non-hydrogen) atoms. The number of fused-ring (bicyclic) bond motifs is 1. The van der Waals surface area contributed by atoms with Crippen molar-refractivity contribution in [2.75, 3.05) is 18.1 Å². The molecule has 7 heteroatoms. The summed E-state index contributed by atoms with van der Waals surface area (Å²) in [4.78, 5) is 12.2. The van der Waals surface area contributed by atoms with Crippen molar-refractivity contribution in [1.82, 2.24) is 9.78 Å². The van der Waals surface area contributed by atoms with Crippen LogP contribution in [0.15, 0.2) is 53.4 Å². The molecule has 0 atom stereocenters. The van der Waals surface area contributed by atoms with E-state index >= 15 is 0 Å². The summed E-state index contributed by atoms with van der Waals surface area (Å²) < 4.78 is 1.67. The molecular weight excluding hydrogens is 336 g/mol. The van der Waals surface area contributed by atoms with Gasteiger partial charge in [-0.3, -0.25) is 10.1 Å². The molecule has 1 N–H and O–H groups in total. The standard InChI is InChI=1S/C18H16N4O2S/c1-25-16-9-5-2-6-12(16)17-13-10-11-19-18(13)21(20-17)14-7-3-4-8-15(14)22(23)24/h2-9,19H,10-11H2,1H3. The van der Waals surface area contributed by atoms with Gasteiger partial charge in [0.25, 0.3) is 5.69 Å². The lowest BCUT2D eigenvalue weighted by Gasteiger charge is -2.07. The summed E-state index contributed by atoms with van der Waals surface area (Å²) >= 11 is 1.67. The number of nitro groups is 1. The van der Waals surface area contributed by atoms with Crippen LogP contribution in [0.5, 0.6) is 0 Å². The normalized spacial score (nSPS) is 12.7. The van der Waals surface area contributed by atoms with E-state index in [-0.39, 0.29) is 10.6 Å². The van der Waals surface area contributed by atoms with E-state index in [4.69, 9.17) is 5.10 Å². The van der Waals surface area contributed by atoms with Gasteiger partial charge in [-0.25, -0.2) is 4.68 Å². The molecular formula is C18H16N4O2S. The highest BCUT2D eigenvalue weighted by molar-refractivity contribution is 7.98. The summed E-state index contributed by atoms with van der Waals surface area (Å²) in [6.07, 6.45) is 2.89. The van der Waals surface area contributed by atoms with E-state index in [1.54, 1.807) is 34.6 Å². The van der Waals surface area contributed by atoms with Crippen LogP contribution in [0.4, 0.5) is 11.5 Å². The number of benzene rings is 2. The molecule has 1 aromatic heterocycles. The maximum absolute atomic E-state index is 11.4. The maximum Gasteiger partial charge on any atom is 0.294 e. The molecule has 3 aromatic rings. The fraction of sp³-hybridized carbons (Fsp3) is 0.167. The molecule has 4 rings (SSSR count). The van der Waals surface area contributed by atoms with Crippen molar-refractivity contribution in [2.24, 2.45) is 0 Å². The monoisotopic (exact) mass is 352 g/mol. The Hall–Kier alpha value is -2.80. The Bertz CT molecular complexity index is 967. The second-order valence-electron chi connectivity index (χ2n) is 5.71. The molecule has 0 amide bonds. The zero-order chi connectivity index (χ0) is 17.4. The Balaban J connectivity index is 1.95. The summed E-state index contributed by atoms with van der Waals surface area (Å²) in [7, 11) is 0.